The van der Waals surface area contributed by atoms with Crippen LogP contribution < -0.4 is 10.1 Å². The topological polar surface area (TPSA) is 34.1 Å². The number of thiazole rings is 1. The van der Waals surface area contributed by atoms with Crippen molar-refractivity contribution in [2.45, 2.75) is 46.4 Å². The number of hydrogen-bond donors (Lipinski definition) is 1. The van der Waals surface area contributed by atoms with E-state index in [4.69, 9.17) is 4.74 Å². The molecule has 0 saturated carbocycles. The Kier molecular flexibility index (Phi) is 4.96. The lowest BCUT2D eigenvalue weighted by molar-refractivity contribution is 0.298. The fourth-order valence-electron chi connectivity index (χ4n) is 1.80. The van der Waals surface area contributed by atoms with Gasteiger partial charge in [0.25, 0.3) is 0 Å². The molecule has 1 aromatic heterocycles. The van der Waals surface area contributed by atoms with Crippen LogP contribution in [0.3, 0.4) is 0 Å². The van der Waals surface area contributed by atoms with E-state index in [1.807, 2.05) is 12.3 Å². The lowest BCUT2D eigenvalue weighted by Crippen LogP contribution is -2.35. The fraction of sp³-hybridized carbons (Fsp3) is 0.438. The van der Waals surface area contributed by atoms with Gasteiger partial charge in [-0.25, -0.2) is 9.37 Å². The monoisotopic (exact) mass is 308 g/mol. The van der Waals surface area contributed by atoms with Gasteiger partial charge in [-0.2, -0.15) is 0 Å². The van der Waals surface area contributed by atoms with E-state index in [9.17, 15) is 4.39 Å². The zero-order valence-electron chi connectivity index (χ0n) is 12.9. The maximum atomic E-state index is 13.4. The third-order valence-corrected chi connectivity index (χ3v) is 3.79. The number of aryl methyl sites for hydroxylation is 1. The summed E-state index contributed by atoms with van der Waals surface area (Å²) in [4.78, 5) is 4.36. The van der Waals surface area contributed by atoms with Gasteiger partial charge >= 0.3 is 0 Å². The van der Waals surface area contributed by atoms with Crippen molar-refractivity contribution in [2.24, 2.45) is 0 Å². The number of aromatic nitrogens is 1. The maximum absolute atomic E-state index is 13.4. The van der Waals surface area contributed by atoms with Crippen molar-refractivity contribution in [2.75, 3.05) is 0 Å². The van der Waals surface area contributed by atoms with Gasteiger partial charge in [0, 0.05) is 28.7 Å². The highest BCUT2D eigenvalue weighted by Crippen LogP contribution is 2.22. The minimum Gasteiger partial charge on any atom is -0.486 e. The van der Waals surface area contributed by atoms with E-state index in [1.54, 1.807) is 17.4 Å². The second-order valence-corrected chi connectivity index (χ2v) is 6.97. The van der Waals surface area contributed by atoms with Gasteiger partial charge in [-0.15, -0.1) is 11.3 Å². The zero-order chi connectivity index (χ0) is 15.5. The summed E-state index contributed by atoms with van der Waals surface area (Å²) >= 11 is 1.57. The number of rotatable bonds is 5. The molecule has 0 saturated heterocycles. The molecule has 3 nitrogen and oxygen atoms in total. The molecule has 0 fully saturated rings. The third kappa shape index (κ3) is 5.10. The SMILES string of the molecule is Cc1csc(COc2ccc(F)cc2CNC(C)(C)C)n1. The lowest BCUT2D eigenvalue weighted by Gasteiger charge is -2.21. The maximum Gasteiger partial charge on any atom is 0.140 e. The van der Waals surface area contributed by atoms with E-state index in [0.717, 1.165) is 16.3 Å². The van der Waals surface area contributed by atoms with Crippen molar-refractivity contribution in [3.8, 4) is 5.75 Å². The Labute approximate surface area is 129 Å². The Balaban J connectivity index is 2.07. The van der Waals surface area contributed by atoms with E-state index >= 15 is 0 Å². The highest BCUT2D eigenvalue weighted by molar-refractivity contribution is 7.09. The number of ether oxygens (including phenoxy) is 1. The minimum absolute atomic E-state index is 0.0317. The van der Waals surface area contributed by atoms with Gasteiger partial charge in [0.2, 0.25) is 0 Å². The van der Waals surface area contributed by atoms with Gasteiger partial charge in [0.05, 0.1) is 0 Å². The molecule has 5 heteroatoms. The highest BCUT2D eigenvalue weighted by atomic mass is 32.1. The van der Waals surface area contributed by atoms with Crippen LogP contribution in [0.2, 0.25) is 0 Å². The summed E-state index contributed by atoms with van der Waals surface area (Å²) in [5, 5.41) is 6.26. The second-order valence-electron chi connectivity index (χ2n) is 6.03. The van der Waals surface area contributed by atoms with Gasteiger partial charge in [-0.1, -0.05) is 0 Å². The average molecular weight is 308 g/mol. The molecule has 0 aliphatic rings. The standard InChI is InChI=1S/C16H21FN2OS/c1-11-10-21-15(19-11)9-20-14-6-5-13(17)7-12(14)8-18-16(2,3)4/h5-7,10,18H,8-9H2,1-4H3. The average Bonchev–Trinajstić information content (AvgIpc) is 2.80. The minimum atomic E-state index is -0.252. The summed E-state index contributed by atoms with van der Waals surface area (Å²) in [5.41, 5.74) is 1.78. The molecule has 0 atom stereocenters. The smallest absolute Gasteiger partial charge is 0.140 e. The number of nitrogens with one attached hydrogen (secondary N) is 1. The summed E-state index contributed by atoms with van der Waals surface area (Å²) < 4.78 is 19.2. The van der Waals surface area contributed by atoms with Crippen LogP contribution in [-0.4, -0.2) is 10.5 Å². The quantitative estimate of drug-likeness (QED) is 0.904. The summed E-state index contributed by atoms with van der Waals surface area (Å²) in [6.07, 6.45) is 0. The summed E-state index contributed by atoms with van der Waals surface area (Å²) in [6, 6.07) is 4.61. The van der Waals surface area contributed by atoms with E-state index in [1.165, 1.54) is 12.1 Å². The Bertz CT molecular complexity index is 605. The first-order valence-corrected chi connectivity index (χ1v) is 7.79. The second kappa shape index (κ2) is 6.54. The highest BCUT2D eigenvalue weighted by Gasteiger charge is 2.12. The summed E-state index contributed by atoms with van der Waals surface area (Å²) in [5.74, 6) is 0.444. The molecule has 21 heavy (non-hydrogen) atoms. The Morgan fingerprint density at radius 3 is 2.71 bits per heavy atom. The molecule has 0 bridgehead atoms. The molecule has 0 radical (unpaired) electrons. The van der Waals surface area contributed by atoms with Crippen LogP contribution in [0, 0.1) is 12.7 Å². The molecule has 1 heterocycles. The largest absolute Gasteiger partial charge is 0.486 e. The van der Waals surface area contributed by atoms with Crippen molar-refractivity contribution < 1.29 is 9.13 Å². The Hall–Kier alpha value is -1.46. The van der Waals surface area contributed by atoms with Gasteiger partial charge < -0.3 is 10.1 Å². The van der Waals surface area contributed by atoms with Gasteiger partial charge in [0.15, 0.2) is 0 Å². The van der Waals surface area contributed by atoms with Crippen LogP contribution in [0.15, 0.2) is 23.6 Å². The molecule has 0 unspecified atom stereocenters. The number of halogens is 1. The Morgan fingerprint density at radius 1 is 1.33 bits per heavy atom. The molecular formula is C16H21FN2OS. The van der Waals surface area contributed by atoms with Crippen molar-refractivity contribution >= 4 is 11.3 Å². The predicted octanol–water partition coefficient (Wildman–Crippen LogP) is 4.06. The first-order chi connectivity index (χ1) is 9.83. The van der Waals surface area contributed by atoms with E-state index in [2.05, 4.69) is 31.1 Å². The van der Waals surface area contributed by atoms with Crippen LogP contribution in [0.1, 0.15) is 37.0 Å². The molecule has 0 aliphatic carbocycles. The van der Waals surface area contributed by atoms with Gasteiger partial charge in [0.1, 0.15) is 23.2 Å². The van der Waals surface area contributed by atoms with Crippen LogP contribution in [-0.2, 0) is 13.2 Å². The van der Waals surface area contributed by atoms with Gasteiger partial charge in [-0.05, 0) is 45.9 Å². The molecule has 1 aromatic carbocycles. The molecule has 0 aliphatic heterocycles. The molecule has 2 rings (SSSR count). The van der Waals surface area contributed by atoms with E-state index in [-0.39, 0.29) is 11.4 Å². The first kappa shape index (κ1) is 15.9. The van der Waals surface area contributed by atoms with E-state index in [0.29, 0.717) is 18.9 Å². The Morgan fingerprint density at radius 2 is 2.10 bits per heavy atom. The number of benzene rings is 1. The van der Waals surface area contributed by atoms with Gasteiger partial charge in [-0.3, -0.25) is 0 Å². The van der Waals surface area contributed by atoms with Crippen molar-refractivity contribution in [3.05, 3.63) is 45.7 Å². The fourth-order valence-corrected chi connectivity index (χ4v) is 2.48. The third-order valence-electron chi connectivity index (χ3n) is 2.85. The molecule has 1 N–H and O–H groups in total. The molecule has 114 valence electrons. The number of hydrogen-bond acceptors (Lipinski definition) is 4. The zero-order valence-corrected chi connectivity index (χ0v) is 13.7. The van der Waals surface area contributed by atoms with Crippen LogP contribution in [0.5, 0.6) is 5.75 Å². The summed E-state index contributed by atoms with van der Waals surface area (Å²) in [7, 11) is 0. The summed E-state index contributed by atoms with van der Waals surface area (Å²) in [6.45, 7) is 9.15. The van der Waals surface area contributed by atoms with Crippen molar-refractivity contribution in [1.29, 1.82) is 0 Å². The van der Waals surface area contributed by atoms with Crippen molar-refractivity contribution in [3.63, 3.8) is 0 Å². The molecule has 0 spiro atoms. The van der Waals surface area contributed by atoms with Crippen molar-refractivity contribution in [1.82, 2.24) is 10.3 Å². The predicted molar refractivity (Wildman–Crippen MR) is 84.2 cm³/mol. The number of nitrogens with zero attached hydrogens (tertiary/aromatic N) is 1. The lowest BCUT2D eigenvalue weighted by atomic mass is 10.1. The molecular weight excluding hydrogens is 287 g/mol. The molecule has 0 amide bonds. The normalized spacial score (nSPS) is 11.7. The van der Waals surface area contributed by atoms with Crippen LogP contribution in [0.4, 0.5) is 4.39 Å². The van der Waals surface area contributed by atoms with Crippen LogP contribution in [0.25, 0.3) is 0 Å². The molecule has 2 aromatic rings. The van der Waals surface area contributed by atoms with Crippen LogP contribution >= 0.6 is 11.3 Å². The van der Waals surface area contributed by atoms with E-state index < -0.39 is 0 Å². The first-order valence-electron chi connectivity index (χ1n) is 6.91.